The Morgan fingerprint density at radius 1 is 0.857 bits per heavy atom. The van der Waals surface area contributed by atoms with Crippen molar-refractivity contribution in [2.45, 2.75) is 9.67 Å². The third kappa shape index (κ3) is 7.16. The van der Waals surface area contributed by atoms with Gasteiger partial charge in [-0.3, -0.25) is 0 Å². The molecule has 0 N–H and O–H groups in total. The average Bonchev–Trinajstić information content (AvgIpc) is 1.27. The fourth-order valence-electron chi connectivity index (χ4n) is 0.110. The van der Waals surface area contributed by atoms with Crippen LogP contribution in [0.3, 0.4) is 0 Å². The van der Waals surface area contributed by atoms with E-state index >= 15 is 0 Å². The zero-order valence-electron chi connectivity index (χ0n) is 3.24. The van der Waals surface area contributed by atoms with Crippen LogP contribution in [-0.2, 0) is 0 Å². The molecule has 0 aromatic carbocycles. The predicted molar refractivity (Wildman–Crippen MR) is 35.3 cm³/mol. The lowest BCUT2D eigenvalue weighted by atomic mass is 10.6. The smallest absolute Gasteiger partial charge is 0.105 e. The second-order valence-corrected chi connectivity index (χ2v) is 3.19. The molecule has 0 amide bonds. The van der Waals surface area contributed by atoms with E-state index in [1.807, 2.05) is 0 Å². The van der Waals surface area contributed by atoms with Gasteiger partial charge in [0, 0.05) is 6.42 Å². The molecule has 0 saturated carbocycles. The molecule has 0 saturated heterocycles. The zero-order chi connectivity index (χ0) is 5.86. The van der Waals surface area contributed by atoms with Gasteiger partial charge in [-0.1, -0.05) is 0 Å². The molecule has 0 fully saturated rings. The first-order valence-corrected chi connectivity index (χ1v) is 3.29. The molecule has 43 valence electrons. The first-order chi connectivity index (χ1) is 3.13. The fourth-order valence-corrected chi connectivity index (χ4v) is 0.990. The van der Waals surface area contributed by atoms with E-state index in [2.05, 4.69) is 0 Å². The molecular formula is C3H3Cl4. The molecule has 0 aliphatic rings. The molecule has 7 heavy (non-hydrogen) atoms. The van der Waals surface area contributed by atoms with Gasteiger partial charge in [0.1, 0.15) is 9.67 Å². The summed E-state index contributed by atoms with van der Waals surface area (Å²) in [5.41, 5.74) is 0. The normalized spacial score (nSPS) is 11.1. The van der Waals surface area contributed by atoms with Gasteiger partial charge in [0.2, 0.25) is 0 Å². The van der Waals surface area contributed by atoms with Crippen molar-refractivity contribution in [1.82, 2.24) is 0 Å². The summed E-state index contributed by atoms with van der Waals surface area (Å²) in [6, 6.07) is 0. The summed E-state index contributed by atoms with van der Waals surface area (Å²) in [7, 11) is 0. The summed E-state index contributed by atoms with van der Waals surface area (Å²) in [4.78, 5) is -1.14. The van der Waals surface area contributed by atoms with Gasteiger partial charge in [-0.2, -0.15) is 0 Å². The van der Waals surface area contributed by atoms with Crippen LogP contribution in [0.1, 0.15) is 0 Å². The standard InChI is InChI=1S/C3H3Cl4/c4-2(5)1-3(6)7/h1-3H. The van der Waals surface area contributed by atoms with Gasteiger partial charge in [-0.25, -0.2) is 0 Å². The lowest BCUT2D eigenvalue weighted by Crippen LogP contribution is -1.95. The van der Waals surface area contributed by atoms with Crippen LogP contribution in [0.4, 0.5) is 0 Å². The van der Waals surface area contributed by atoms with Gasteiger partial charge < -0.3 is 0 Å². The highest BCUT2D eigenvalue weighted by molar-refractivity contribution is 6.49. The molecule has 1 radical (unpaired) electrons. The Morgan fingerprint density at radius 2 is 1.14 bits per heavy atom. The minimum absolute atomic E-state index is 0.569. The molecule has 0 spiro atoms. The molecular weight excluding hydrogens is 178 g/mol. The number of hydrogen-bond acceptors (Lipinski definition) is 0. The van der Waals surface area contributed by atoms with Crippen LogP contribution < -0.4 is 0 Å². The van der Waals surface area contributed by atoms with Crippen LogP contribution in [0.15, 0.2) is 0 Å². The van der Waals surface area contributed by atoms with E-state index in [0.29, 0.717) is 0 Å². The second kappa shape index (κ2) is 4.08. The van der Waals surface area contributed by atoms with Crippen LogP contribution in [-0.4, -0.2) is 9.67 Å². The van der Waals surface area contributed by atoms with E-state index in [9.17, 15) is 0 Å². The van der Waals surface area contributed by atoms with E-state index in [1.54, 1.807) is 0 Å². The maximum atomic E-state index is 5.21. The molecule has 0 unspecified atom stereocenters. The lowest BCUT2D eigenvalue weighted by Gasteiger charge is -1.96. The van der Waals surface area contributed by atoms with E-state index in [0.717, 1.165) is 0 Å². The molecule has 0 aromatic rings. The Bertz CT molecular complexity index is 36.2. The average molecular weight is 181 g/mol. The van der Waals surface area contributed by atoms with Crippen molar-refractivity contribution in [3.63, 3.8) is 0 Å². The lowest BCUT2D eigenvalue weighted by molar-refractivity contribution is 1.28. The van der Waals surface area contributed by atoms with Crippen LogP contribution in [0, 0.1) is 6.42 Å². The van der Waals surface area contributed by atoms with Crippen LogP contribution in [0.2, 0.25) is 0 Å². The first-order valence-electron chi connectivity index (χ1n) is 1.54. The minimum atomic E-state index is -0.569. The van der Waals surface area contributed by atoms with Gasteiger partial charge in [-0.15, -0.1) is 46.4 Å². The molecule has 0 atom stereocenters. The second-order valence-electron chi connectivity index (χ2n) is 0.861. The van der Waals surface area contributed by atoms with E-state index in [1.165, 1.54) is 6.42 Å². The Morgan fingerprint density at radius 3 is 1.14 bits per heavy atom. The first kappa shape index (κ1) is 8.16. The monoisotopic (exact) mass is 179 g/mol. The molecule has 0 rings (SSSR count). The third-order valence-electron chi connectivity index (χ3n) is 0.291. The largest absolute Gasteiger partial charge is 0.113 e. The van der Waals surface area contributed by atoms with Crippen molar-refractivity contribution in [3.8, 4) is 0 Å². The molecule has 4 heteroatoms. The Labute approximate surface area is 62.7 Å². The summed E-state index contributed by atoms with van der Waals surface area (Å²) in [6.07, 6.45) is 1.40. The van der Waals surface area contributed by atoms with Gasteiger partial charge in [-0.05, 0) is 0 Å². The molecule has 0 aliphatic carbocycles. The highest BCUT2D eigenvalue weighted by atomic mass is 35.5. The summed E-state index contributed by atoms with van der Waals surface area (Å²) < 4.78 is 0. The van der Waals surface area contributed by atoms with E-state index in [4.69, 9.17) is 46.4 Å². The Kier molecular flexibility index (Phi) is 4.76. The molecule has 0 nitrogen and oxygen atoms in total. The van der Waals surface area contributed by atoms with Crippen LogP contribution in [0.25, 0.3) is 0 Å². The fraction of sp³-hybridized carbons (Fsp3) is 0.667. The van der Waals surface area contributed by atoms with Gasteiger partial charge in [0.25, 0.3) is 0 Å². The van der Waals surface area contributed by atoms with Crippen molar-refractivity contribution in [2.24, 2.45) is 0 Å². The molecule has 0 aliphatic heterocycles. The van der Waals surface area contributed by atoms with Crippen LogP contribution >= 0.6 is 46.4 Å². The Hall–Kier alpha value is 1.16. The molecule has 0 bridgehead atoms. The molecule has 0 heterocycles. The van der Waals surface area contributed by atoms with Gasteiger partial charge in [0.15, 0.2) is 0 Å². The minimum Gasteiger partial charge on any atom is -0.105 e. The zero-order valence-corrected chi connectivity index (χ0v) is 6.27. The number of alkyl halides is 4. The number of hydrogen-bond donors (Lipinski definition) is 0. The number of rotatable bonds is 2. The summed E-state index contributed by atoms with van der Waals surface area (Å²) in [5.74, 6) is 0. The highest BCUT2D eigenvalue weighted by Crippen LogP contribution is 2.15. The van der Waals surface area contributed by atoms with Crippen molar-refractivity contribution < 1.29 is 0 Å². The third-order valence-corrected chi connectivity index (χ3v) is 0.873. The van der Waals surface area contributed by atoms with Crippen LogP contribution in [0.5, 0.6) is 0 Å². The van der Waals surface area contributed by atoms with E-state index in [-0.39, 0.29) is 0 Å². The van der Waals surface area contributed by atoms with Crippen molar-refractivity contribution in [3.05, 3.63) is 6.42 Å². The highest BCUT2D eigenvalue weighted by Gasteiger charge is 2.04. The summed E-state index contributed by atoms with van der Waals surface area (Å²) in [6.45, 7) is 0. The molecule has 0 aromatic heterocycles. The summed E-state index contributed by atoms with van der Waals surface area (Å²) in [5, 5.41) is 0. The van der Waals surface area contributed by atoms with Gasteiger partial charge in [0.05, 0.1) is 0 Å². The summed E-state index contributed by atoms with van der Waals surface area (Å²) >= 11 is 20.9. The SMILES string of the molecule is ClC(Cl)[CH]C(Cl)Cl. The van der Waals surface area contributed by atoms with E-state index < -0.39 is 9.67 Å². The maximum absolute atomic E-state index is 5.21. The predicted octanol–water partition coefficient (Wildman–Crippen LogP) is 2.80. The Balaban J connectivity index is 2.95. The quantitative estimate of drug-likeness (QED) is 0.574. The number of halogens is 4. The maximum Gasteiger partial charge on any atom is 0.113 e. The van der Waals surface area contributed by atoms with Crippen molar-refractivity contribution in [1.29, 1.82) is 0 Å². The van der Waals surface area contributed by atoms with Crippen molar-refractivity contribution >= 4 is 46.4 Å². The topological polar surface area (TPSA) is 0 Å². The van der Waals surface area contributed by atoms with Gasteiger partial charge >= 0.3 is 0 Å². The van der Waals surface area contributed by atoms with Crippen molar-refractivity contribution in [2.75, 3.05) is 0 Å².